The van der Waals surface area contributed by atoms with Crippen LogP contribution in [0.25, 0.3) is 0 Å². The van der Waals surface area contributed by atoms with Crippen LogP contribution in [0.4, 0.5) is 11.4 Å². The Balaban J connectivity index is 1.91. The lowest BCUT2D eigenvalue weighted by molar-refractivity contribution is -0.114. The average Bonchev–Trinajstić information content (AvgIpc) is 2.64. The van der Waals surface area contributed by atoms with Gasteiger partial charge in [0.15, 0.2) is 14.9 Å². The van der Waals surface area contributed by atoms with Gasteiger partial charge in [0.2, 0.25) is 5.91 Å². The van der Waals surface area contributed by atoms with E-state index >= 15 is 0 Å². The summed E-state index contributed by atoms with van der Waals surface area (Å²) in [5.41, 5.74) is 1.40. The number of nitrogens with one attached hydrogen (secondary N) is 3. The van der Waals surface area contributed by atoms with Gasteiger partial charge in [-0.3, -0.25) is 4.79 Å². The topological polar surface area (TPSA) is 87.3 Å². The highest BCUT2D eigenvalue weighted by molar-refractivity contribution is 7.91. The molecule has 2 unspecified atom stereocenters. The van der Waals surface area contributed by atoms with Crippen molar-refractivity contribution in [3.05, 3.63) is 24.3 Å². The predicted molar refractivity (Wildman–Crippen MR) is 92.2 cm³/mol. The molecule has 3 N–H and O–H groups in total. The van der Waals surface area contributed by atoms with Gasteiger partial charge in [0.05, 0.1) is 22.9 Å². The Morgan fingerprint density at radius 2 is 1.73 bits per heavy atom. The molecule has 0 radical (unpaired) electrons. The summed E-state index contributed by atoms with van der Waals surface area (Å²) in [5.74, 6) is -0.210. The molecule has 0 saturated carbocycles. The molecule has 120 valence electrons. The second-order valence-electron chi connectivity index (χ2n) is 5.06. The summed E-state index contributed by atoms with van der Waals surface area (Å²) in [6.07, 6.45) is 0. The number of anilines is 2. The van der Waals surface area contributed by atoms with E-state index in [-0.39, 0.29) is 17.4 Å². The molecule has 1 fully saturated rings. The van der Waals surface area contributed by atoms with Crippen LogP contribution in [0, 0.1) is 0 Å². The van der Waals surface area contributed by atoms with Crippen LogP contribution in [0.1, 0.15) is 6.92 Å². The van der Waals surface area contributed by atoms with Crippen molar-refractivity contribution >= 4 is 56.1 Å². The third-order valence-electron chi connectivity index (χ3n) is 3.06. The molecule has 1 aromatic rings. The van der Waals surface area contributed by atoms with Gasteiger partial charge in [-0.25, -0.2) is 8.42 Å². The highest BCUT2D eigenvalue weighted by Crippen LogP contribution is 2.18. The predicted octanol–water partition coefficient (Wildman–Crippen LogP) is 1.34. The maximum Gasteiger partial charge on any atom is 0.221 e. The Bertz CT molecular complexity index is 676. The van der Waals surface area contributed by atoms with Crippen molar-refractivity contribution < 1.29 is 13.2 Å². The van der Waals surface area contributed by atoms with Gasteiger partial charge in [-0.05, 0) is 36.5 Å². The third-order valence-corrected chi connectivity index (χ3v) is 5.66. The van der Waals surface area contributed by atoms with Crippen LogP contribution >= 0.6 is 23.8 Å². The number of sulfone groups is 1. The monoisotopic (exact) mass is 361 g/mol. The molecule has 1 heterocycles. The smallest absolute Gasteiger partial charge is 0.221 e. The lowest BCUT2D eigenvalue weighted by Crippen LogP contribution is -2.42. The molecule has 0 bridgehead atoms. The van der Waals surface area contributed by atoms with Gasteiger partial charge in [-0.1, -0.05) is 0 Å². The van der Waals surface area contributed by atoms with Crippen LogP contribution in [0.3, 0.4) is 0 Å². The fourth-order valence-electron chi connectivity index (χ4n) is 2.11. The third kappa shape index (κ3) is 4.82. The number of halogens is 1. The van der Waals surface area contributed by atoms with Crippen molar-refractivity contribution in [3.8, 4) is 0 Å². The Morgan fingerprint density at radius 3 is 2.18 bits per heavy atom. The maximum absolute atomic E-state index is 11.5. The molecule has 1 aliphatic heterocycles. The molecule has 0 aromatic heterocycles. The van der Waals surface area contributed by atoms with E-state index in [1.165, 1.54) is 6.92 Å². The zero-order valence-corrected chi connectivity index (χ0v) is 14.2. The quantitative estimate of drug-likeness (QED) is 0.556. The summed E-state index contributed by atoms with van der Waals surface area (Å²) in [6.45, 7) is 1.43. The summed E-state index contributed by atoms with van der Waals surface area (Å²) in [4.78, 5) is 10.9. The van der Waals surface area contributed by atoms with Crippen LogP contribution < -0.4 is 16.0 Å². The second-order valence-corrected chi connectivity index (χ2v) is 8.18. The molecule has 22 heavy (non-hydrogen) atoms. The number of alkyl halides is 1. The average molecular weight is 362 g/mol. The minimum atomic E-state index is -3.10. The van der Waals surface area contributed by atoms with Gasteiger partial charge in [0.25, 0.3) is 0 Å². The lowest BCUT2D eigenvalue weighted by atomic mass is 10.2. The first-order valence-electron chi connectivity index (χ1n) is 6.55. The molecule has 1 amide bonds. The summed E-state index contributed by atoms with van der Waals surface area (Å²) in [6, 6.07) is 6.57. The number of carbonyl (C=O) groups excluding carboxylic acids is 1. The van der Waals surface area contributed by atoms with Crippen molar-refractivity contribution in [3.63, 3.8) is 0 Å². The van der Waals surface area contributed by atoms with E-state index < -0.39 is 21.3 Å². The van der Waals surface area contributed by atoms with E-state index in [2.05, 4.69) is 16.0 Å². The summed E-state index contributed by atoms with van der Waals surface area (Å²) < 4.78 is 23.0. The van der Waals surface area contributed by atoms with E-state index in [0.29, 0.717) is 10.8 Å². The van der Waals surface area contributed by atoms with Gasteiger partial charge < -0.3 is 16.0 Å². The number of thiocarbonyl (C=S) groups is 1. The zero-order valence-electron chi connectivity index (χ0n) is 11.8. The molecular weight excluding hydrogens is 346 g/mol. The number of hydrogen-bond donors (Lipinski definition) is 3. The van der Waals surface area contributed by atoms with Gasteiger partial charge in [0.1, 0.15) is 0 Å². The number of rotatable bonds is 3. The molecule has 1 saturated heterocycles. The Kier molecular flexibility index (Phi) is 5.25. The lowest BCUT2D eigenvalue weighted by Gasteiger charge is -2.17. The van der Waals surface area contributed by atoms with Crippen molar-refractivity contribution in [1.82, 2.24) is 5.32 Å². The van der Waals surface area contributed by atoms with E-state index in [0.717, 1.165) is 5.69 Å². The van der Waals surface area contributed by atoms with Gasteiger partial charge in [-0.15, -0.1) is 11.6 Å². The SMILES string of the molecule is CC(=O)Nc1ccc(NC(=S)NC2CS(=O)(=O)CC2Cl)cc1. The summed E-state index contributed by atoms with van der Waals surface area (Å²) in [5, 5.41) is 8.34. The molecule has 2 rings (SSSR count). The first-order valence-corrected chi connectivity index (χ1v) is 9.21. The van der Waals surface area contributed by atoms with Crippen LogP contribution in [-0.2, 0) is 14.6 Å². The van der Waals surface area contributed by atoms with Gasteiger partial charge in [0, 0.05) is 18.3 Å². The number of carbonyl (C=O) groups is 1. The van der Waals surface area contributed by atoms with Crippen molar-refractivity contribution in [2.45, 2.75) is 18.3 Å². The standard InChI is InChI=1S/C13H16ClN3O3S2/c1-8(18)15-9-2-4-10(5-3-9)16-13(21)17-12-7-22(19,20)6-11(12)14/h2-5,11-12H,6-7H2,1H3,(H,15,18)(H2,16,17,21). The first kappa shape index (κ1) is 17.0. The zero-order chi connectivity index (χ0) is 16.3. The van der Waals surface area contributed by atoms with E-state index in [4.69, 9.17) is 23.8 Å². The first-order chi connectivity index (χ1) is 10.2. The van der Waals surface area contributed by atoms with Crippen LogP contribution in [0.15, 0.2) is 24.3 Å². The number of amides is 1. The Morgan fingerprint density at radius 1 is 1.18 bits per heavy atom. The maximum atomic E-state index is 11.5. The Hall–Kier alpha value is -1.38. The minimum absolute atomic E-state index is 0.0234. The molecule has 0 spiro atoms. The van der Waals surface area contributed by atoms with Crippen molar-refractivity contribution in [1.29, 1.82) is 0 Å². The molecule has 0 aliphatic carbocycles. The van der Waals surface area contributed by atoms with Gasteiger partial charge in [-0.2, -0.15) is 0 Å². The van der Waals surface area contributed by atoms with Crippen LogP contribution in [-0.4, -0.2) is 42.4 Å². The summed E-state index contributed by atoms with van der Waals surface area (Å²) in [7, 11) is -3.10. The fraction of sp³-hybridized carbons (Fsp3) is 0.385. The van der Waals surface area contributed by atoms with Crippen molar-refractivity contribution in [2.24, 2.45) is 0 Å². The molecular formula is C13H16ClN3O3S2. The van der Waals surface area contributed by atoms with Crippen LogP contribution in [0.5, 0.6) is 0 Å². The number of benzene rings is 1. The van der Waals surface area contributed by atoms with E-state index in [1.54, 1.807) is 24.3 Å². The van der Waals surface area contributed by atoms with Gasteiger partial charge >= 0.3 is 0 Å². The largest absolute Gasteiger partial charge is 0.357 e. The summed E-state index contributed by atoms with van der Waals surface area (Å²) >= 11 is 11.2. The molecule has 1 aliphatic rings. The van der Waals surface area contributed by atoms with E-state index in [9.17, 15) is 13.2 Å². The van der Waals surface area contributed by atoms with E-state index in [1.807, 2.05) is 0 Å². The normalized spacial score (nSPS) is 22.8. The minimum Gasteiger partial charge on any atom is -0.357 e. The Labute approximate surface area is 139 Å². The number of hydrogen-bond acceptors (Lipinski definition) is 4. The highest BCUT2D eigenvalue weighted by Gasteiger charge is 2.36. The molecule has 6 nitrogen and oxygen atoms in total. The highest BCUT2D eigenvalue weighted by atomic mass is 35.5. The molecule has 9 heteroatoms. The van der Waals surface area contributed by atoms with Crippen molar-refractivity contribution in [2.75, 3.05) is 22.1 Å². The fourth-order valence-corrected chi connectivity index (χ4v) is 4.93. The molecule has 1 aromatic carbocycles. The van der Waals surface area contributed by atoms with Crippen LogP contribution in [0.2, 0.25) is 0 Å². The molecule has 2 atom stereocenters. The second kappa shape index (κ2) is 6.80.